The summed E-state index contributed by atoms with van der Waals surface area (Å²) < 4.78 is 5.63. The highest BCUT2D eigenvalue weighted by molar-refractivity contribution is 7.14. The van der Waals surface area contributed by atoms with E-state index in [0.717, 1.165) is 28.3 Å². The van der Waals surface area contributed by atoms with Crippen molar-refractivity contribution >= 4 is 28.6 Å². The second-order valence-electron chi connectivity index (χ2n) is 5.25. The summed E-state index contributed by atoms with van der Waals surface area (Å²) >= 11 is 3.12. The number of benzene rings is 1. The van der Waals surface area contributed by atoms with E-state index in [1.165, 1.54) is 11.3 Å². The van der Waals surface area contributed by atoms with Crippen molar-refractivity contribution < 1.29 is 9.53 Å². The first-order valence-electron chi connectivity index (χ1n) is 7.32. The molecule has 4 rings (SSSR count). The molecule has 0 spiro atoms. The van der Waals surface area contributed by atoms with Gasteiger partial charge in [-0.1, -0.05) is 18.2 Å². The van der Waals surface area contributed by atoms with Crippen LogP contribution in [0.1, 0.15) is 28.5 Å². The van der Waals surface area contributed by atoms with Gasteiger partial charge in [-0.05, 0) is 17.5 Å². The maximum Gasteiger partial charge on any atom is 0.271 e. The molecule has 23 heavy (non-hydrogen) atoms. The number of thiazole rings is 1. The molecule has 0 radical (unpaired) electrons. The van der Waals surface area contributed by atoms with Gasteiger partial charge in [0.05, 0.1) is 12.6 Å². The Kier molecular flexibility index (Phi) is 3.85. The third kappa shape index (κ3) is 2.87. The first kappa shape index (κ1) is 14.4. The van der Waals surface area contributed by atoms with E-state index >= 15 is 0 Å². The Morgan fingerprint density at radius 3 is 3.04 bits per heavy atom. The highest BCUT2D eigenvalue weighted by Crippen LogP contribution is 2.32. The number of hydrogen-bond donors (Lipinski definition) is 1. The van der Waals surface area contributed by atoms with Gasteiger partial charge in [0, 0.05) is 28.3 Å². The van der Waals surface area contributed by atoms with Gasteiger partial charge in [-0.15, -0.1) is 11.3 Å². The number of aromatic nitrogens is 1. The van der Waals surface area contributed by atoms with E-state index in [1.54, 1.807) is 11.3 Å². The summed E-state index contributed by atoms with van der Waals surface area (Å²) in [4.78, 5) is 17.0. The van der Waals surface area contributed by atoms with E-state index in [4.69, 9.17) is 4.74 Å². The van der Waals surface area contributed by atoms with Gasteiger partial charge in [0.1, 0.15) is 16.5 Å². The number of nitrogens with zero attached hydrogens (tertiary/aromatic N) is 1. The number of para-hydroxylation sites is 1. The fourth-order valence-electron chi connectivity index (χ4n) is 2.62. The second-order valence-corrected chi connectivity index (χ2v) is 6.89. The lowest BCUT2D eigenvalue weighted by Crippen LogP contribution is -2.32. The van der Waals surface area contributed by atoms with Crippen molar-refractivity contribution in [2.45, 2.75) is 12.5 Å². The minimum atomic E-state index is -0.135. The largest absolute Gasteiger partial charge is 0.493 e. The number of rotatable bonds is 3. The third-order valence-corrected chi connectivity index (χ3v) is 5.34. The number of amides is 1. The summed E-state index contributed by atoms with van der Waals surface area (Å²) in [5, 5.41) is 9.82. The average Bonchev–Trinajstić information content (AvgIpc) is 3.26. The summed E-state index contributed by atoms with van der Waals surface area (Å²) in [6.07, 6.45) is 0.768. The molecule has 3 heterocycles. The molecule has 1 N–H and O–H groups in total. The van der Waals surface area contributed by atoms with Crippen molar-refractivity contribution in [2.24, 2.45) is 0 Å². The summed E-state index contributed by atoms with van der Waals surface area (Å²) in [7, 11) is 0. The van der Waals surface area contributed by atoms with E-state index in [9.17, 15) is 4.79 Å². The minimum absolute atomic E-state index is 0.0289. The number of hydrogen-bond acceptors (Lipinski definition) is 5. The molecule has 4 nitrogen and oxygen atoms in total. The van der Waals surface area contributed by atoms with Crippen molar-refractivity contribution in [3.05, 3.63) is 57.7 Å². The Hall–Kier alpha value is -2.18. The van der Waals surface area contributed by atoms with Crippen LogP contribution < -0.4 is 10.1 Å². The van der Waals surface area contributed by atoms with Crippen molar-refractivity contribution in [2.75, 3.05) is 6.61 Å². The Morgan fingerprint density at radius 1 is 1.26 bits per heavy atom. The normalized spacial score (nSPS) is 16.4. The molecule has 116 valence electrons. The van der Waals surface area contributed by atoms with Gasteiger partial charge in [-0.2, -0.15) is 11.3 Å². The molecule has 1 aromatic carbocycles. The van der Waals surface area contributed by atoms with E-state index in [-0.39, 0.29) is 11.9 Å². The maximum absolute atomic E-state index is 12.5. The van der Waals surface area contributed by atoms with Gasteiger partial charge in [-0.25, -0.2) is 4.98 Å². The number of ether oxygens (including phenoxy) is 1. The van der Waals surface area contributed by atoms with E-state index in [2.05, 4.69) is 10.3 Å². The molecule has 1 atom stereocenters. The zero-order valence-electron chi connectivity index (χ0n) is 12.2. The highest BCUT2D eigenvalue weighted by Gasteiger charge is 2.24. The van der Waals surface area contributed by atoms with E-state index in [1.807, 2.05) is 46.5 Å². The van der Waals surface area contributed by atoms with Gasteiger partial charge in [0.25, 0.3) is 5.91 Å². The first-order chi connectivity index (χ1) is 11.3. The summed E-state index contributed by atoms with van der Waals surface area (Å²) in [6.45, 7) is 0.610. The maximum atomic E-state index is 12.5. The standard InChI is InChI=1S/C17H14N2O2S2/c20-16(14-10-23-17(19-14)11-6-8-22-9-11)18-13-5-7-21-15-4-2-1-3-12(13)15/h1-4,6,8-10,13H,5,7H2,(H,18,20)/t13-/m1/s1. The van der Waals surface area contributed by atoms with Crippen LogP contribution in [-0.2, 0) is 0 Å². The monoisotopic (exact) mass is 342 g/mol. The van der Waals surface area contributed by atoms with Crippen LogP contribution in [0.25, 0.3) is 10.6 Å². The third-order valence-electron chi connectivity index (χ3n) is 3.77. The Bertz CT molecular complexity index is 827. The summed E-state index contributed by atoms with van der Waals surface area (Å²) in [5.74, 6) is 0.714. The molecule has 3 aromatic rings. The number of thiophene rings is 1. The van der Waals surface area contributed by atoms with Crippen molar-refractivity contribution in [3.63, 3.8) is 0 Å². The van der Waals surface area contributed by atoms with Gasteiger partial charge in [-0.3, -0.25) is 4.79 Å². The SMILES string of the molecule is O=C(N[C@@H]1CCOc2ccccc21)c1csc(-c2ccsc2)n1. The Labute approximate surface area is 141 Å². The van der Waals surface area contributed by atoms with Crippen LogP contribution in [-0.4, -0.2) is 17.5 Å². The molecule has 0 fully saturated rings. The van der Waals surface area contributed by atoms with Gasteiger partial charge in [0.15, 0.2) is 0 Å². The second kappa shape index (κ2) is 6.14. The first-order valence-corrected chi connectivity index (χ1v) is 9.14. The number of nitrogens with one attached hydrogen (secondary N) is 1. The lowest BCUT2D eigenvalue weighted by Gasteiger charge is -2.26. The highest BCUT2D eigenvalue weighted by atomic mass is 32.1. The molecule has 0 bridgehead atoms. The van der Waals surface area contributed by atoms with Crippen molar-refractivity contribution in [3.8, 4) is 16.3 Å². The van der Waals surface area contributed by atoms with Crippen LogP contribution in [0, 0.1) is 0 Å². The fourth-order valence-corrected chi connectivity index (χ4v) is 4.13. The predicted octanol–water partition coefficient (Wildman–Crippen LogP) is 4.13. The number of fused-ring (bicyclic) bond motifs is 1. The Balaban J connectivity index is 1.53. The van der Waals surface area contributed by atoms with Crippen molar-refractivity contribution in [1.82, 2.24) is 10.3 Å². The van der Waals surface area contributed by atoms with Gasteiger partial charge >= 0.3 is 0 Å². The van der Waals surface area contributed by atoms with E-state index in [0.29, 0.717) is 12.3 Å². The molecule has 0 aliphatic carbocycles. The molecule has 6 heteroatoms. The smallest absolute Gasteiger partial charge is 0.271 e. The minimum Gasteiger partial charge on any atom is -0.493 e. The number of carbonyl (C=O) groups is 1. The average molecular weight is 342 g/mol. The molecular formula is C17H14N2O2S2. The van der Waals surface area contributed by atoms with Crippen LogP contribution >= 0.6 is 22.7 Å². The summed E-state index contributed by atoms with van der Waals surface area (Å²) in [5.41, 5.74) is 2.57. The molecule has 2 aromatic heterocycles. The lowest BCUT2D eigenvalue weighted by molar-refractivity contribution is 0.0920. The van der Waals surface area contributed by atoms with Gasteiger partial charge < -0.3 is 10.1 Å². The zero-order chi connectivity index (χ0) is 15.6. The van der Waals surface area contributed by atoms with Crippen LogP contribution in [0.15, 0.2) is 46.5 Å². The molecule has 0 unspecified atom stereocenters. The lowest BCUT2D eigenvalue weighted by atomic mass is 10.0. The fraction of sp³-hybridized carbons (Fsp3) is 0.176. The zero-order valence-corrected chi connectivity index (χ0v) is 13.8. The number of carbonyl (C=O) groups excluding carboxylic acids is 1. The van der Waals surface area contributed by atoms with Crippen LogP contribution in [0.3, 0.4) is 0 Å². The molecule has 0 saturated heterocycles. The predicted molar refractivity (Wildman–Crippen MR) is 92.2 cm³/mol. The van der Waals surface area contributed by atoms with Gasteiger partial charge in [0.2, 0.25) is 0 Å². The molecule has 1 amide bonds. The van der Waals surface area contributed by atoms with Crippen LogP contribution in [0.4, 0.5) is 0 Å². The topological polar surface area (TPSA) is 51.2 Å². The molecular weight excluding hydrogens is 328 g/mol. The van der Waals surface area contributed by atoms with Crippen LogP contribution in [0.5, 0.6) is 5.75 Å². The van der Waals surface area contributed by atoms with Crippen molar-refractivity contribution in [1.29, 1.82) is 0 Å². The quantitative estimate of drug-likeness (QED) is 0.779. The summed E-state index contributed by atoms with van der Waals surface area (Å²) in [6, 6.07) is 9.82. The van der Waals surface area contributed by atoms with E-state index < -0.39 is 0 Å². The van der Waals surface area contributed by atoms with Crippen LogP contribution in [0.2, 0.25) is 0 Å². The molecule has 0 saturated carbocycles. The molecule has 1 aliphatic heterocycles. The Morgan fingerprint density at radius 2 is 2.17 bits per heavy atom. The molecule has 1 aliphatic rings.